The zero-order valence-electron chi connectivity index (χ0n) is 15.7. The largest absolute Gasteiger partial charge is 0.377 e. The van der Waals surface area contributed by atoms with E-state index in [2.05, 4.69) is 24.5 Å². The number of urea groups is 1. The number of nitrogens with one attached hydrogen (secondary N) is 2. The van der Waals surface area contributed by atoms with E-state index >= 15 is 0 Å². The third kappa shape index (κ3) is 5.10. The molecule has 0 unspecified atom stereocenters. The Morgan fingerprint density at radius 1 is 1.12 bits per heavy atom. The van der Waals surface area contributed by atoms with Crippen LogP contribution in [-0.2, 0) is 9.53 Å². The van der Waals surface area contributed by atoms with Crippen LogP contribution in [0.2, 0.25) is 0 Å². The Morgan fingerprint density at radius 3 is 2.29 bits per heavy atom. The highest BCUT2D eigenvalue weighted by molar-refractivity contribution is 5.80. The number of carbonyl (C=O) groups excluding carboxylic acids is 2. The molecule has 0 radical (unpaired) electrons. The minimum atomic E-state index is -0.226. The van der Waals surface area contributed by atoms with E-state index in [0.717, 1.165) is 19.3 Å². The van der Waals surface area contributed by atoms with Crippen LogP contribution in [0.3, 0.4) is 0 Å². The first-order valence-electron chi connectivity index (χ1n) is 9.16. The van der Waals surface area contributed by atoms with Gasteiger partial charge in [0.05, 0.1) is 12.0 Å². The maximum atomic E-state index is 12.5. The molecule has 2 aliphatic rings. The maximum Gasteiger partial charge on any atom is 0.317 e. The molecular weight excluding hydrogens is 306 g/mol. The first-order valence-corrected chi connectivity index (χ1v) is 9.16. The molecule has 3 amide bonds. The topological polar surface area (TPSA) is 70.7 Å². The van der Waals surface area contributed by atoms with Crippen LogP contribution in [0.1, 0.15) is 53.9 Å². The Balaban J connectivity index is 1.78. The fraction of sp³-hybridized carbons (Fsp3) is 0.889. The van der Waals surface area contributed by atoms with Crippen LogP contribution in [0, 0.1) is 11.8 Å². The zero-order chi connectivity index (χ0) is 17.9. The normalized spacial score (nSPS) is 25.8. The number of hydrogen-bond acceptors (Lipinski definition) is 3. The molecule has 2 rings (SSSR count). The van der Waals surface area contributed by atoms with Crippen molar-refractivity contribution in [1.82, 2.24) is 15.5 Å². The van der Waals surface area contributed by atoms with Crippen molar-refractivity contribution >= 4 is 11.9 Å². The molecule has 2 aliphatic heterocycles. The lowest BCUT2D eigenvalue weighted by Gasteiger charge is -2.35. The second-order valence-electron chi connectivity index (χ2n) is 8.42. The molecule has 0 aromatic heterocycles. The summed E-state index contributed by atoms with van der Waals surface area (Å²) in [4.78, 5) is 26.6. The zero-order valence-corrected chi connectivity index (χ0v) is 15.7. The molecule has 0 saturated carbocycles. The second-order valence-corrected chi connectivity index (χ2v) is 8.42. The molecule has 6 heteroatoms. The summed E-state index contributed by atoms with van der Waals surface area (Å²) in [6.07, 6.45) is 2.45. The van der Waals surface area contributed by atoms with E-state index in [4.69, 9.17) is 4.74 Å². The molecule has 0 aromatic carbocycles. The van der Waals surface area contributed by atoms with E-state index in [0.29, 0.717) is 25.6 Å². The summed E-state index contributed by atoms with van der Waals surface area (Å²) in [6, 6.07) is 0.140. The highest BCUT2D eigenvalue weighted by Gasteiger charge is 2.37. The van der Waals surface area contributed by atoms with Crippen LogP contribution < -0.4 is 10.6 Å². The lowest BCUT2D eigenvalue weighted by atomic mass is 9.91. The summed E-state index contributed by atoms with van der Waals surface area (Å²) in [6.45, 7) is 12.2. The molecule has 6 nitrogen and oxygen atoms in total. The van der Waals surface area contributed by atoms with E-state index < -0.39 is 0 Å². The van der Waals surface area contributed by atoms with E-state index in [1.807, 2.05) is 25.7 Å². The maximum absolute atomic E-state index is 12.5. The molecule has 2 atom stereocenters. The van der Waals surface area contributed by atoms with Crippen LogP contribution in [0.15, 0.2) is 0 Å². The van der Waals surface area contributed by atoms with Crippen molar-refractivity contribution in [2.24, 2.45) is 11.8 Å². The van der Waals surface area contributed by atoms with Gasteiger partial charge in [0, 0.05) is 31.3 Å². The van der Waals surface area contributed by atoms with Gasteiger partial charge >= 0.3 is 6.03 Å². The van der Waals surface area contributed by atoms with Crippen molar-refractivity contribution in [3.05, 3.63) is 0 Å². The van der Waals surface area contributed by atoms with Gasteiger partial charge in [-0.2, -0.15) is 0 Å². The van der Waals surface area contributed by atoms with Crippen molar-refractivity contribution in [2.45, 2.75) is 71.6 Å². The van der Waals surface area contributed by atoms with Crippen LogP contribution in [0.25, 0.3) is 0 Å². The third-order valence-corrected chi connectivity index (χ3v) is 4.74. The Kier molecular flexibility index (Phi) is 6.12. The van der Waals surface area contributed by atoms with Gasteiger partial charge in [0.2, 0.25) is 5.91 Å². The monoisotopic (exact) mass is 339 g/mol. The lowest BCUT2D eigenvalue weighted by Crippen LogP contribution is -2.53. The number of piperidine rings is 1. The van der Waals surface area contributed by atoms with Crippen LogP contribution in [-0.4, -0.2) is 54.2 Å². The molecule has 0 aromatic rings. The van der Waals surface area contributed by atoms with Gasteiger partial charge in [0.1, 0.15) is 0 Å². The number of ether oxygens (including phenoxy) is 1. The Bertz CT molecular complexity index is 451. The number of carbonyl (C=O) groups is 2. The summed E-state index contributed by atoms with van der Waals surface area (Å²) in [7, 11) is 0. The summed E-state index contributed by atoms with van der Waals surface area (Å²) < 4.78 is 5.71. The molecule has 2 N–H and O–H groups in total. The Morgan fingerprint density at radius 2 is 1.75 bits per heavy atom. The van der Waals surface area contributed by atoms with Crippen LogP contribution >= 0.6 is 0 Å². The summed E-state index contributed by atoms with van der Waals surface area (Å²) in [5.74, 6) is 0.433. The first kappa shape index (κ1) is 19.0. The van der Waals surface area contributed by atoms with Gasteiger partial charge in [-0.25, -0.2) is 4.79 Å². The van der Waals surface area contributed by atoms with Crippen molar-refractivity contribution < 1.29 is 14.3 Å². The molecular formula is C18H33N3O3. The molecule has 2 heterocycles. The number of likely N-dealkylation sites (tertiary alicyclic amines) is 1. The predicted molar refractivity (Wildman–Crippen MR) is 93.7 cm³/mol. The van der Waals surface area contributed by atoms with Gasteiger partial charge in [-0.05, 0) is 46.0 Å². The van der Waals surface area contributed by atoms with Gasteiger partial charge < -0.3 is 20.3 Å². The Hall–Kier alpha value is -1.30. The van der Waals surface area contributed by atoms with Crippen molar-refractivity contribution in [3.63, 3.8) is 0 Å². The van der Waals surface area contributed by atoms with Gasteiger partial charge in [-0.3, -0.25) is 4.79 Å². The first-order chi connectivity index (χ1) is 11.2. The minimum Gasteiger partial charge on any atom is -0.377 e. The van der Waals surface area contributed by atoms with Gasteiger partial charge in [0.15, 0.2) is 0 Å². The number of amides is 3. The van der Waals surface area contributed by atoms with E-state index in [9.17, 15) is 9.59 Å². The van der Waals surface area contributed by atoms with Gasteiger partial charge in [0.25, 0.3) is 0 Å². The summed E-state index contributed by atoms with van der Waals surface area (Å²) >= 11 is 0. The van der Waals surface area contributed by atoms with Crippen molar-refractivity contribution in [3.8, 4) is 0 Å². The SMILES string of the molecule is CC(C)[C@H]1OCC[C@@H]1C(=O)NC1CCN(C(=O)NC(C)(C)C)CC1. The number of rotatable bonds is 3. The standard InChI is InChI=1S/C18H33N3O3/c1-12(2)15-14(8-11-24-15)16(22)19-13-6-9-21(10-7-13)17(23)20-18(3,4)5/h12-15H,6-11H2,1-5H3,(H,19,22)(H,20,23)/t14-,15+/m0/s1. The molecule has 0 bridgehead atoms. The molecule has 0 aliphatic carbocycles. The molecule has 2 fully saturated rings. The minimum absolute atomic E-state index is 0.0173. The quantitative estimate of drug-likeness (QED) is 0.827. The smallest absolute Gasteiger partial charge is 0.317 e. The highest BCUT2D eigenvalue weighted by atomic mass is 16.5. The summed E-state index contributed by atoms with van der Waals surface area (Å²) in [5.41, 5.74) is -0.226. The second kappa shape index (κ2) is 7.72. The molecule has 24 heavy (non-hydrogen) atoms. The lowest BCUT2D eigenvalue weighted by molar-refractivity contribution is -0.128. The number of hydrogen-bond donors (Lipinski definition) is 2. The van der Waals surface area contributed by atoms with Crippen LogP contribution in [0.5, 0.6) is 0 Å². The molecule has 138 valence electrons. The van der Waals surface area contributed by atoms with E-state index in [1.165, 1.54) is 0 Å². The average molecular weight is 339 g/mol. The molecule has 2 saturated heterocycles. The van der Waals surface area contributed by atoms with Gasteiger partial charge in [-0.15, -0.1) is 0 Å². The predicted octanol–water partition coefficient (Wildman–Crippen LogP) is 2.14. The third-order valence-electron chi connectivity index (χ3n) is 4.74. The van der Waals surface area contributed by atoms with E-state index in [1.54, 1.807) is 0 Å². The van der Waals surface area contributed by atoms with Gasteiger partial charge in [-0.1, -0.05) is 13.8 Å². The average Bonchev–Trinajstić information content (AvgIpc) is 2.96. The fourth-order valence-electron chi connectivity index (χ4n) is 3.48. The van der Waals surface area contributed by atoms with Crippen LogP contribution in [0.4, 0.5) is 4.79 Å². The fourth-order valence-corrected chi connectivity index (χ4v) is 3.48. The highest BCUT2D eigenvalue weighted by Crippen LogP contribution is 2.27. The Labute approximate surface area is 145 Å². The van der Waals surface area contributed by atoms with E-state index in [-0.39, 0.29) is 35.5 Å². The number of nitrogens with zero attached hydrogens (tertiary/aromatic N) is 1. The van der Waals surface area contributed by atoms with Crippen molar-refractivity contribution in [1.29, 1.82) is 0 Å². The molecule has 0 spiro atoms. The summed E-state index contributed by atoms with van der Waals surface area (Å²) in [5, 5.41) is 6.17. The van der Waals surface area contributed by atoms with Crippen molar-refractivity contribution in [2.75, 3.05) is 19.7 Å².